The van der Waals surface area contributed by atoms with Crippen LogP contribution in [0, 0.1) is 20.8 Å². The molecule has 0 aliphatic carbocycles. The Morgan fingerprint density at radius 1 is 0.606 bits per heavy atom. The second kappa shape index (κ2) is 17.2. The van der Waals surface area contributed by atoms with Crippen LogP contribution < -0.4 is 4.74 Å². The van der Waals surface area contributed by atoms with Crippen LogP contribution in [0.2, 0.25) is 0 Å². The Labute approximate surface area is 368 Å². The highest BCUT2D eigenvalue weighted by atomic mass is 32.2. The molecule has 0 spiro atoms. The highest BCUT2D eigenvalue weighted by molar-refractivity contribution is 8.07. The summed E-state index contributed by atoms with van der Waals surface area (Å²) in [6, 6.07) is 0. The second-order valence-corrected chi connectivity index (χ2v) is 21.9. The number of aromatic nitrogens is 8. The summed E-state index contributed by atoms with van der Waals surface area (Å²) in [5, 5.41) is 9.58. The van der Waals surface area contributed by atoms with Crippen molar-refractivity contribution in [2.24, 2.45) is 36.6 Å². The molecule has 0 saturated carbocycles. The Balaban J connectivity index is 0.000000218. The predicted octanol–water partition coefficient (Wildman–Crippen LogP) is 4.40. The molecule has 0 radical (unpaired) electrons. The van der Waals surface area contributed by atoms with Gasteiger partial charge in [-0.3, -0.25) is 0 Å². The maximum Gasteiger partial charge on any atom is 0.396 e. The van der Waals surface area contributed by atoms with Crippen molar-refractivity contribution >= 4 is 44.6 Å². The van der Waals surface area contributed by atoms with E-state index < -0.39 is 125 Å². The first-order valence-electron chi connectivity index (χ1n) is 18.3. The van der Waals surface area contributed by atoms with E-state index in [1.165, 1.54) is 41.8 Å². The normalized spacial score (nSPS) is 20.5. The van der Waals surface area contributed by atoms with Gasteiger partial charge < -0.3 is 19.2 Å². The van der Waals surface area contributed by atoms with Gasteiger partial charge in [-0.15, -0.1) is 0 Å². The molecule has 6 rings (SSSR count). The second-order valence-electron chi connectivity index (χ2n) is 16.1. The van der Waals surface area contributed by atoms with Crippen molar-refractivity contribution in [2.45, 2.75) is 120 Å². The van der Waals surface area contributed by atoms with Crippen LogP contribution in [0.5, 0.6) is 5.88 Å². The van der Waals surface area contributed by atoms with E-state index in [2.05, 4.69) is 55.4 Å². The number of hydrogen-bond acceptors (Lipinski definition) is 18. The Hall–Kier alpha value is -5.15. The van der Waals surface area contributed by atoms with Crippen molar-refractivity contribution in [2.75, 3.05) is 0 Å². The van der Waals surface area contributed by atoms with Gasteiger partial charge >= 0.3 is 22.4 Å². The Morgan fingerprint density at radius 2 is 1.00 bits per heavy atom. The van der Waals surface area contributed by atoms with Crippen molar-refractivity contribution in [1.82, 2.24) is 39.8 Å². The van der Waals surface area contributed by atoms with E-state index >= 15 is 0 Å². The highest BCUT2D eigenvalue weighted by Crippen LogP contribution is 2.46. The van der Waals surface area contributed by atoms with E-state index in [-0.39, 0.29) is 17.8 Å². The van der Waals surface area contributed by atoms with Crippen LogP contribution in [-0.4, -0.2) is 116 Å². The fourth-order valence-corrected chi connectivity index (χ4v) is 10.0. The molecule has 34 heteroatoms. The smallest absolute Gasteiger partial charge is 0.396 e. The largest absolute Gasteiger partial charge is 0.417 e. The number of alkyl halides is 10. The lowest BCUT2D eigenvalue weighted by Crippen LogP contribution is -2.42. The molecule has 0 fully saturated rings. The maximum absolute atomic E-state index is 14.7. The lowest BCUT2D eigenvalue weighted by Gasteiger charge is -2.21. The zero-order valence-electron chi connectivity index (χ0n) is 36.4. The quantitative estimate of drug-likeness (QED) is 0.283. The summed E-state index contributed by atoms with van der Waals surface area (Å²) in [6.07, 6.45) is -4.99. The summed E-state index contributed by atoms with van der Waals surface area (Å²) in [7, 11) is -12.6. The van der Waals surface area contributed by atoms with Crippen molar-refractivity contribution in [3.8, 4) is 5.88 Å². The molecule has 0 saturated heterocycles. The molecule has 3 aliphatic heterocycles. The number of hydrogen-bond donors (Lipinski definition) is 0. The summed E-state index contributed by atoms with van der Waals surface area (Å²) in [4.78, 5) is 15.7. The monoisotopic (exact) mass is 1030 g/mol. The SMILES string of the molecule is Cc1nn(C)c(OC(F)F)c1C(F)(F)S(=O)(=O)C1=NOC(C)(C)C1F.Cc1nn(C)nc1C(F)(F)S(=O)(=O)C1=NOC(C)(C)C1.Cc1nn(C)nc1C(F)(F)S(=O)(=O)C1=NOC(C)(C)C1F. The van der Waals surface area contributed by atoms with Gasteiger partial charge in [-0.2, -0.15) is 70.2 Å². The van der Waals surface area contributed by atoms with E-state index in [9.17, 15) is 69.2 Å². The number of sulfone groups is 3. The molecule has 2 unspecified atom stereocenters. The van der Waals surface area contributed by atoms with Crippen LogP contribution >= 0.6 is 0 Å². The molecule has 0 amide bonds. The number of oxime groups is 3. The molecule has 2 atom stereocenters. The van der Waals surface area contributed by atoms with Crippen LogP contribution in [-0.2, 0) is 80.9 Å². The third-order valence-corrected chi connectivity index (χ3v) is 14.3. The fraction of sp³-hybridized carbons (Fsp3) is 0.688. The Morgan fingerprint density at radius 3 is 1.32 bits per heavy atom. The summed E-state index contributed by atoms with van der Waals surface area (Å²) in [5.41, 5.74) is -8.72. The molecule has 3 aromatic heterocycles. The zero-order valence-corrected chi connectivity index (χ0v) is 38.9. The number of aryl methyl sites for hydroxylation is 6. The summed E-state index contributed by atoms with van der Waals surface area (Å²) >= 11 is 0. The van der Waals surface area contributed by atoms with Gasteiger partial charge in [0.15, 0.2) is 40.0 Å². The van der Waals surface area contributed by atoms with Gasteiger partial charge in [0.2, 0.25) is 16.0 Å². The first-order chi connectivity index (χ1) is 29.6. The standard InChI is InChI=1S/C12H14F5N3O4S.C10H13F3N4O3S.C10H14F2N4O3S/c1-5-6(9(20(4)18-5)23-10(14)15)12(16,17)25(21,22)8-7(13)11(2,3)24-19-8;1-5-7(15-17(4)14-5)10(12,13)21(18,19)8-6(11)9(2,3)20-16-8;1-6-8(14-16(4)13-6)10(11,12)20(17,18)7-5-9(2,3)19-15-7/h7,10H,1-4H3;6H,1-4H3;5H2,1-4H3. The molecule has 3 aromatic rings. The van der Waals surface area contributed by atoms with Crippen molar-refractivity contribution in [1.29, 1.82) is 0 Å². The van der Waals surface area contributed by atoms with E-state index in [0.29, 0.717) is 4.68 Å². The molecule has 0 N–H and O–H groups in total. The maximum atomic E-state index is 14.7. The molecular weight excluding hydrogens is 985 g/mol. The van der Waals surface area contributed by atoms with E-state index in [0.717, 1.165) is 37.4 Å². The van der Waals surface area contributed by atoms with Gasteiger partial charge in [0.05, 0.1) is 17.1 Å². The highest BCUT2D eigenvalue weighted by Gasteiger charge is 2.62. The number of ether oxygens (including phenoxy) is 1. The van der Waals surface area contributed by atoms with Crippen LogP contribution in [0.25, 0.3) is 0 Å². The predicted molar refractivity (Wildman–Crippen MR) is 207 cm³/mol. The third kappa shape index (κ3) is 9.39. The molecule has 0 bridgehead atoms. The Kier molecular flexibility index (Phi) is 13.9. The van der Waals surface area contributed by atoms with Gasteiger partial charge in [0.1, 0.15) is 11.2 Å². The molecule has 0 aromatic carbocycles. The van der Waals surface area contributed by atoms with Crippen LogP contribution in [0.1, 0.15) is 82.0 Å². The van der Waals surface area contributed by atoms with Crippen molar-refractivity contribution < 1.29 is 88.4 Å². The summed E-state index contributed by atoms with van der Waals surface area (Å²) < 4.78 is 217. The summed E-state index contributed by atoms with van der Waals surface area (Å²) in [5.74, 6) is -1.16. The third-order valence-electron chi connectivity index (χ3n) is 9.22. The molecule has 66 heavy (non-hydrogen) atoms. The lowest BCUT2D eigenvalue weighted by molar-refractivity contribution is -0.0583. The van der Waals surface area contributed by atoms with Gasteiger partial charge in [-0.25, -0.2) is 38.7 Å². The average Bonchev–Trinajstić information content (AvgIpc) is 3.98. The lowest BCUT2D eigenvalue weighted by atomic mass is 10.1. The first kappa shape index (κ1) is 53.5. The van der Waals surface area contributed by atoms with Crippen molar-refractivity contribution in [3.63, 3.8) is 0 Å². The van der Waals surface area contributed by atoms with E-state index in [4.69, 9.17) is 4.84 Å². The van der Waals surface area contributed by atoms with Gasteiger partial charge in [-0.05, 0) is 62.3 Å². The van der Waals surface area contributed by atoms with Crippen LogP contribution in [0.15, 0.2) is 15.5 Å². The van der Waals surface area contributed by atoms with Gasteiger partial charge in [0.25, 0.3) is 29.5 Å². The molecular formula is C32H41F10N11O10S3. The minimum Gasteiger partial charge on any atom is -0.417 e. The van der Waals surface area contributed by atoms with E-state index in [1.54, 1.807) is 13.8 Å². The Bertz CT molecular complexity index is 2810. The average molecular weight is 1030 g/mol. The first-order valence-corrected chi connectivity index (χ1v) is 22.7. The van der Waals surface area contributed by atoms with E-state index in [1.807, 2.05) is 0 Å². The molecule has 6 heterocycles. The number of rotatable bonds is 8. The molecule has 372 valence electrons. The van der Waals surface area contributed by atoms with Gasteiger partial charge in [-0.1, -0.05) is 15.5 Å². The zero-order chi connectivity index (χ0) is 50.9. The minimum atomic E-state index is -5.74. The topological polar surface area (TPSA) is 256 Å². The summed E-state index contributed by atoms with van der Waals surface area (Å²) in [6.45, 7) is 7.66. The van der Waals surface area contributed by atoms with Gasteiger partial charge in [0, 0.05) is 27.6 Å². The molecule has 3 aliphatic rings. The number of halogens is 10. The van der Waals surface area contributed by atoms with Crippen LogP contribution in [0.3, 0.4) is 0 Å². The molecule has 21 nitrogen and oxygen atoms in total. The number of nitrogens with zero attached hydrogens (tertiary/aromatic N) is 11. The van der Waals surface area contributed by atoms with Crippen molar-refractivity contribution in [3.05, 3.63) is 34.0 Å². The van der Waals surface area contributed by atoms with Crippen LogP contribution in [0.4, 0.5) is 43.9 Å². The fourth-order valence-electron chi connectivity index (χ4n) is 5.76. The minimum absolute atomic E-state index is 0.153.